The van der Waals surface area contributed by atoms with Gasteiger partial charge in [0.15, 0.2) is 0 Å². The smallest absolute Gasteiger partial charge is 0.348 e. The highest BCUT2D eigenvalue weighted by atomic mass is 32.1. The minimum absolute atomic E-state index is 0.283. The van der Waals surface area contributed by atoms with E-state index in [4.69, 9.17) is 0 Å². The number of benzene rings is 1. The number of anilines is 1. The molecule has 0 bridgehead atoms. The Morgan fingerprint density at radius 1 is 1.16 bits per heavy atom. The van der Waals surface area contributed by atoms with Crippen LogP contribution in [0.2, 0.25) is 0 Å². The second kappa shape index (κ2) is 7.31. The molecule has 2 aromatic heterocycles. The number of ether oxygens (including phenoxy) is 1. The fourth-order valence-corrected chi connectivity index (χ4v) is 3.19. The van der Waals surface area contributed by atoms with Gasteiger partial charge in [-0.15, -0.1) is 11.3 Å². The van der Waals surface area contributed by atoms with Gasteiger partial charge in [0.25, 0.3) is 5.91 Å². The Bertz CT molecular complexity index is 899. The lowest BCUT2D eigenvalue weighted by Crippen LogP contribution is -2.15. The second-order valence-corrected chi connectivity index (χ2v) is 6.51. The van der Waals surface area contributed by atoms with E-state index < -0.39 is 5.97 Å². The molecule has 1 amide bonds. The van der Waals surface area contributed by atoms with Crippen molar-refractivity contribution in [3.05, 3.63) is 69.5 Å². The first-order valence-electron chi connectivity index (χ1n) is 7.64. The van der Waals surface area contributed by atoms with E-state index in [1.165, 1.54) is 7.11 Å². The third-order valence-corrected chi connectivity index (χ3v) is 4.60. The van der Waals surface area contributed by atoms with Crippen LogP contribution in [0.4, 0.5) is 5.82 Å². The molecule has 0 saturated heterocycles. The van der Waals surface area contributed by atoms with E-state index in [0.29, 0.717) is 22.1 Å². The van der Waals surface area contributed by atoms with Crippen molar-refractivity contribution in [2.75, 3.05) is 12.4 Å². The molecule has 0 saturated carbocycles. The third kappa shape index (κ3) is 3.95. The van der Waals surface area contributed by atoms with E-state index in [2.05, 4.69) is 15.2 Å². The van der Waals surface area contributed by atoms with Gasteiger partial charge in [-0.3, -0.25) is 4.79 Å². The highest BCUT2D eigenvalue weighted by molar-refractivity contribution is 7.16. The Kier molecular flexibility index (Phi) is 4.95. The molecule has 3 rings (SSSR count). The Labute approximate surface area is 149 Å². The van der Waals surface area contributed by atoms with Crippen LogP contribution < -0.4 is 5.32 Å². The summed E-state index contributed by atoms with van der Waals surface area (Å²) in [5.74, 6) is -0.122. The predicted molar refractivity (Wildman–Crippen MR) is 96.1 cm³/mol. The molecule has 0 aliphatic rings. The van der Waals surface area contributed by atoms with Gasteiger partial charge in [0.1, 0.15) is 10.7 Å². The number of nitrogens with zero attached hydrogens (tertiary/aromatic N) is 2. The lowest BCUT2D eigenvalue weighted by Gasteiger charge is -2.08. The van der Waals surface area contributed by atoms with Gasteiger partial charge in [0.05, 0.1) is 24.2 Å². The summed E-state index contributed by atoms with van der Waals surface area (Å²) in [4.78, 5) is 24.8. The van der Waals surface area contributed by atoms with Gasteiger partial charge >= 0.3 is 5.97 Å². The van der Waals surface area contributed by atoms with E-state index >= 15 is 0 Å². The zero-order valence-electron chi connectivity index (χ0n) is 13.9. The summed E-state index contributed by atoms with van der Waals surface area (Å²) >= 11 is 1.09. The van der Waals surface area contributed by atoms with Crippen LogP contribution in [0.15, 0.2) is 48.5 Å². The summed E-state index contributed by atoms with van der Waals surface area (Å²) in [5, 5.41) is 7.29. The first-order valence-corrected chi connectivity index (χ1v) is 8.46. The first kappa shape index (κ1) is 16.9. The highest BCUT2D eigenvalue weighted by Crippen LogP contribution is 2.20. The molecule has 25 heavy (non-hydrogen) atoms. The fraction of sp³-hybridized carbons (Fsp3) is 0.167. The number of thiophene rings is 1. The summed E-state index contributed by atoms with van der Waals surface area (Å²) < 4.78 is 6.41. The van der Waals surface area contributed by atoms with E-state index in [-0.39, 0.29) is 5.91 Å². The molecule has 0 fully saturated rings. The van der Waals surface area contributed by atoms with Crippen LogP contribution in [0, 0.1) is 6.92 Å². The number of esters is 1. The number of methoxy groups -OCH3 is 1. The van der Waals surface area contributed by atoms with Crippen molar-refractivity contribution in [2.45, 2.75) is 13.5 Å². The van der Waals surface area contributed by atoms with Gasteiger partial charge in [0, 0.05) is 6.07 Å². The van der Waals surface area contributed by atoms with Crippen molar-refractivity contribution in [1.29, 1.82) is 0 Å². The number of amides is 1. The van der Waals surface area contributed by atoms with Crippen LogP contribution in [0.3, 0.4) is 0 Å². The van der Waals surface area contributed by atoms with Gasteiger partial charge in [-0.1, -0.05) is 30.3 Å². The maximum absolute atomic E-state index is 12.5. The Balaban J connectivity index is 1.77. The van der Waals surface area contributed by atoms with Crippen molar-refractivity contribution in [2.24, 2.45) is 0 Å². The summed E-state index contributed by atoms with van der Waals surface area (Å²) in [6.45, 7) is 2.43. The summed E-state index contributed by atoms with van der Waals surface area (Å²) in [6, 6.07) is 14.9. The molecular formula is C18H17N3O3S. The number of hydrogen-bond acceptors (Lipinski definition) is 5. The Morgan fingerprint density at radius 2 is 1.88 bits per heavy atom. The number of aromatic nitrogens is 2. The molecule has 2 heterocycles. The van der Waals surface area contributed by atoms with Crippen LogP contribution in [0.1, 0.15) is 30.6 Å². The molecule has 6 nitrogen and oxygen atoms in total. The van der Waals surface area contributed by atoms with Crippen molar-refractivity contribution >= 4 is 29.0 Å². The minimum Gasteiger partial charge on any atom is -0.465 e. The van der Waals surface area contributed by atoms with Gasteiger partial charge in [-0.25, -0.2) is 9.48 Å². The number of hydrogen-bond donors (Lipinski definition) is 1. The van der Waals surface area contributed by atoms with Gasteiger partial charge in [-0.2, -0.15) is 5.10 Å². The predicted octanol–water partition coefficient (Wildman–Crippen LogP) is 3.34. The van der Waals surface area contributed by atoms with Gasteiger partial charge < -0.3 is 10.1 Å². The molecule has 0 aliphatic carbocycles. The standard InChI is InChI=1S/C18H17N3O3S/c1-12-10-16(21(20-12)11-13-6-4-3-5-7-13)19-17(22)14-8-9-15(25-14)18(23)24-2/h3-10H,11H2,1-2H3,(H,19,22). The van der Waals surface area contributed by atoms with Crippen molar-refractivity contribution in [3.63, 3.8) is 0 Å². The maximum atomic E-state index is 12.5. The number of nitrogens with one attached hydrogen (secondary N) is 1. The van der Waals surface area contributed by atoms with Crippen molar-refractivity contribution in [3.8, 4) is 0 Å². The van der Waals surface area contributed by atoms with Crippen molar-refractivity contribution in [1.82, 2.24) is 9.78 Å². The second-order valence-electron chi connectivity index (χ2n) is 5.42. The molecule has 1 N–H and O–H groups in total. The minimum atomic E-state index is -0.450. The number of rotatable bonds is 5. The summed E-state index contributed by atoms with van der Waals surface area (Å²) in [7, 11) is 1.31. The quantitative estimate of drug-likeness (QED) is 0.713. The van der Waals surface area contributed by atoms with Crippen LogP contribution in [0.5, 0.6) is 0 Å². The molecule has 1 aromatic carbocycles. The third-order valence-electron chi connectivity index (χ3n) is 3.54. The number of carbonyl (C=O) groups excluding carboxylic acids is 2. The zero-order valence-corrected chi connectivity index (χ0v) is 14.7. The monoisotopic (exact) mass is 355 g/mol. The van der Waals surface area contributed by atoms with Crippen LogP contribution in [0.25, 0.3) is 0 Å². The number of aryl methyl sites for hydroxylation is 1. The largest absolute Gasteiger partial charge is 0.465 e. The first-order chi connectivity index (χ1) is 12.1. The van der Waals surface area contributed by atoms with E-state index in [1.54, 1.807) is 16.8 Å². The molecular weight excluding hydrogens is 338 g/mol. The molecule has 0 atom stereocenters. The molecule has 0 aliphatic heterocycles. The van der Waals surface area contributed by atoms with Crippen molar-refractivity contribution < 1.29 is 14.3 Å². The summed E-state index contributed by atoms with van der Waals surface area (Å²) in [5.41, 5.74) is 1.90. The molecule has 0 unspecified atom stereocenters. The summed E-state index contributed by atoms with van der Waals surface area (Å²) in [6.07, 6.45) is 0. The van der Waals surface area contributed by atoms with Crippen LogP contribution >= 0.6 is 11.3 Å². The van der Waals surface area contributed by atoms with Gasteiger partial charge in [0.2, 0.25) is 0 Å². The van der Waals surface area contributed by atoms with Gasteiger partial charge in [-0.05, 0) is 24.6 Å². The lowest BCUT2D eigenvalue weighted by molar-refractivity contribution is 0.0606. The lowest BCUT2D eigenvalue weighted by atomic mass is 10.2. The van der Waals surface area contributed by atoms with E-state index in [0.717, 1.165) is 22.6 Å². The molecule has 128 valence electrons. The van der Waals surface area contributed by atoms with E-state index in [9.17, 15) is 9.59 Å². The van der Waals surface area contributed by atoms with Crippen LogP contribution in [-0.2, 0) is 11.3 Å². The average Bonchev–Trinajstić information content (AvgIpc) is 3.22. The molecule has 3 aromatic rings. The van der Waals surface area contributed by atoms with E-state index in [1.807, 2.05) is 43.3 Å². The van der Waals surface area contributed by atoms with Crippen LogP contribution in [-0.4, -0.2) is 28.8 Å². The SMILES string of the molecule is COC(=O)c1ccc(C(=O)Nc2cc(C)nn2Cc2ccccc2)s1. The molecule has 0 spiro atoms. The maximum Gasteiger partial charge on any atom is 0.348 e. The normalized spacial score (nSPS) is 10.5. The Morgan fingerprint density at radius 3 is 2.60 bits per heavy atom. The number of carbonyl (C=O) groups is 2. The highest BCUT2D eigenvalue weighted by Gasteiger charge is 2.16. The topological polar surface area (TPSA) is 73.2 Å². The molecule has 7 heteroatoms. The average molecular weight is 355 g/mol. The molecule has 0 radical (unpaired) electrons. The zero-order chi connectivity index (χ0) is 17.8. The fourth-order valence-electron chi connectivity index (χ4n) is 2.37. The Hall–Kier alpha value is -2.93.